The zero-order valence-corrected chi connectivity index (χ0v) is 17.1. The number of benzene rings is 1. The van der Waals surface area contributed by atoms with Gasteiger partial charge in [0.2, 0.25) is 0 Å². The van der Waals surface area contributed by atoms with Crippen molar-refractivity contribution in [3.63, 3.8) is 0 Å². The van der Waals surface area contributed by atoms with Crippen molar-refractivity contribution < 1.29 is 14.3 Å². The van der Waals surface area contributed by atoms with Gasteiger partial charge in [0.15, 0.2) is 0 Å². The van der Waals surface area contributed by atoms with E-state index < -0.39 is 12.0 Å². The Morgan fingerprint density at radius 2 is 1.86 bits per heavy atom. The lowest BCUT2D eigenvalue weighted by Gasteiger charge is -2.26. The Morgan fingerprint density at radius 1 is 1.18 bits per heavy atom. The summed E-state index contributed by atoms with van der Waals surface area (Å²) in [4.78, 5) is 30.8. The Bertz CT molecular complexity index is 783. The van der Waals surface area contributed by atoms with E-state index in [-0.39, 0.29) is 18.6 Å². The summed E-state index contributed by atoms with van der Waals surface area (Å²) in [5.41, 5.74) is 1.65. The third-order valence-electron chi connectivity index (χ3n) is 4.11. The Hall–Kier alpha value is -2.60. The third kappa shape index (κ3) is 6.53. The summed E-state index contributed by atoms with van der Waals surface area (Å²) >= 11 is 6.31. The first-order chi connectivity index (χ1) is 13.4. The number of nitrogens with one attached hydrogen (secondary N) is 1. The lowest BCUT2D eigenvalue weighted by atomic mass is 10.0. The van der Waals surface area contributed by atoms with Gasteiger partial charge in [-0.15, -0.1) is 0 Å². The number of hydrogen-bond donors (Lipinski definition) is 1. The number of ether oxygens (including phenoxy) is 1. The van der Waals surface area contributed by atoms with E-state index in [2.05, 4.69) is 10.3 Å². The molecule has 7 heteroatoms. The number of carbonyl (C=O) groups excluding carboxylic acids is 2. The molecule has 0 radical (unpaired) electrons. The number of carbonyl (C=O) groups is 2. The molecule has 2 amide bonds. The highest BCUT2D eigenvalue weighted by Gasteiger charge is 2.24. The Morgan fingerprint density at radius 3 is 2.46 bits per heavy atom. The van der Waals surface area contributed by atoms with Crippen LogP contribution in [-0.2, 0) is 16.1 Å². The molecule has 150 valence electrons. The van der Waals surface area contributed by atoms with Gasteiger partial charge in [-0.25, -0.2) is 4.79 Å². The number of pyridine rings is 1. The molecule has 0 saturated heterocycles. The molecule has 0 fully saturated rings. The summed E-state index contributed by atoms with van der Waals surface area (Å²) in [5.74, 6) is -0.391. The van der Waals surface area contributed by atoms with Crippen LogP contribution in [0.4, 0.5) is 4.79 Å². The van der Waals surface area contributed by atoms with Crippen molar-refractivity contribution in [2.75, 3.05) is 6.54 Å². The highest BCUT2D eigenvalue weighted by molar-refractivity contribution is 6.31. The van der Waals surface area contributed by atoms with Crippen molar-refractivity contribution in [3.8, 4) is 0 Å². The summed E-state index contributed by atoms with van der Waals surface area (Å²) < 4.78 is 5.25. The number of amides is 2. The smallest absolute Gasteiger partial charge is 0.318 e. The van der Waals surface area contributed by atoms with Crippen molar-refractivity contribution in [1.82, 2.24) is 15.2 Å². The van der Waals surface area contributed by atoms with Crippen molar-refractivity contribution in [2.45, 2.75) is 45.9 Å². The van der Waals surface area contributed by atoms with Crippen molar-refractivity contribution in [3.05, 3.63) is 64.9 Å². The number of nitrogens with zero attached hydrogens (tertiary/aromatic N) is 2. The Labute approximate surface area is 170 Å². The van der Waals surface area contributed by atoms with Gasteiger partial charge in [0.05, 0.1) is 18.6 Å². The molecular formula is C21H26ClN3O3. The largest absolute Gasteiger partial charge is 0.463 e. The van der Waals surface area contributed by atoms with E-state index in [1.807, 2.05) is 25.1 Å². The average molecular weight is 404 g/mol. The Kier molecular flexibility index (Phi) is 8.26. The first-order valence-electron chi connectivity index (χ1n) is 9.29. The maximum Gasteiger partial charge on any atom is 0.318 e. The van der Waals surface area contributed by atoms with E-state index in [1.54, 1.807) is 49.3 Å². The van der Waals surface area contributed by atoms with E-state index >= 15 is 0 Å². The van der Waals surface area contributed by atoms with Crippen LogP contribution in [-0.4, -0.2) is 34.5 Å². The summed E-state index contributed by atoms with van der Waals surface area (Å²) in [7, 11) is 0. The van der Waals surface area contributed by atoms with Crippen LogP contribution < -0.4 is 5.32 Å². The van der Waals surface area contributed by atoms with Crippen LogP contribution >= 0.6 is 11.6 Å². The van der Waals surface area contributed by atoms with Crippen LogP contribution in [0, 0.1) is 0 Å². The SMILES string of the molecule is CCN(Cc1ccncc1)C(=O)NC(CC(=O)OC(C)C)c1ccccc1Cl. The van der Waals surface area contributed by atoms with Gasteiger partial charge in [-0.1, -0.05) is 29.8 Å². The van der Waals surface area contributed by atoms with Gasteiger partial charge in [0.25, 0.3) is 0 Å². The number of rotatable bonds is 8. The summed E-state index contributed by atoms with van der Waals surface area (Å²) in [5, 5.41) is 3.42. The molecule has 28 heavy (non-hydrogen) atoms. The zero-order chi connectivity index (χ0) is 20.5. The van der Waals surface area contributed by atoms with Crippen LogP contribution in [0.1, 0.15) is 44.4 Å². The van der Waals surface area contributed by atoms with Gasteiger partial charge in [-0.3, -0.25) is 9.78 Å². The number of urea groups is 1. The first kappa shape index (κ1) is 21.7. The minimum atomic E-state index is -0.584. The van der Waals surface area contributed by atoms with Crippen molar-refractivity contribution >= 4 is 23.6 Å². The van der Waals surface area contributed by atoms with Crippen LogP contribution in [0.15, 0.2) is 48.8 Å². The fraction of sp³-hybridized carbons (Fsp3) is 0.381. The molecule has 0 aliphatic rings. The molecule has 2 aromatic rings. The molecule has 1 N–H and O–H groups in total. The molecule has 0 aliphatic carbocycles. The van der Waals surface area contributed by atoms with Crippen molar-refractivity contribution in [2.24, 2.45) is 0 Å². The maximum absolute atomic E-state index is 12.9. The van der Waals surface area contributed by atoms with Gasteiger partial charge in [-0.05, 0) is 50.1 Å². The predicted molar refractivity (Wildman–Crippen MR) is 109 cm³/mol. The molecule has 2 rings (SSSR count). The van der Waals surface area contributed by atoms with Gasteiger partial charge >= 0.3 is 12.0 Å². The van der Waals surface area contributed by atoms with E-state index in [4.69, 9.17) is 16.3 Å². The summed E-state index contributed by atoms with van der Waals surface area (Å²) in [6.45, 7) is 6.43. The van der Waals surface area contributed by atoms with E-state index in [0.717, 1.165) is 5.56 Å². The molecule has 1 heterocycles. The molecule has 0 bridgehead atoms. The first-order valence-corrected chi connectivity index (χ1v) is 9.66. The van der Waals surface area contributed by atoms with Gasteiger partial charge in [0.1, 0.15) is 0 Å². The second kappa shape index (κ2) is 10.7. The minimum absolute atomic E-state index is 0.000461. The monoisotopic (exact) mass is 403 g/mol. The van der Waals surface area contributed by atoms with Gasteiger partial charge in [-0.2, -0.15) is 0 Å². The molecular weight excluding hydrogens is 378 g/mol. The Balaban J connectivity index is 2.16. The fourth-order valence-electron chi connectivity index (χ4n) is 2.75. The topological polar surface area (TPSA) is 71.5 Å². The lowest BCUT2D eigenvalue weighted by Crippen LogP contribution is -2.42. The fourth-order valence-corrected chi connectivity index (χ4v) is 3.02. The van der Waals surface area contributed by atoms with Gasteiger partial charge in [0, 0.05) is 30.5 Å². The van der Waals surface area contributed by atoms with Crippen LogP contribution in [0.25, 0.3) is 0 Å². The van der Waals surface area contributed by atoms with E-state index in [1.165, 1.54) is 0 Å². The number of halogens is 1. The molecule has 1 aromatic heterocycles. The number of aromatic nitrogens is 1. The molecule has 0 saturated carbocycles. The molecule has 1 unspecified atom stereocenters. The van der Waals surface area contributed by atoms with E-state index in [0.29, 0.717) is 23.7 Å². The normalized spacial score (nSPS) is 11.8. The quantitative estimate of drug-likeness (QED) is 0.665. The molecule has 1 atom stereocenters. The summed E-state index contributed by atoms with van der Waals surface area (Å²) in [6.07, 6.45) is 3.15. The van der Waals surface area contributed by atoms with E-state index in [9.17, 15) is 9.59 Å². The van der Waals surface area contributed by atoms with Crippen LogP contribution in [0.2, 0.25) is 5.02 Å². The average Bonchev–Trinajstić information content (AvgIpc) is 2.66. The minimum Gasteiger partial charge on any atom is -0.463 e. The second-order valence-corrected chi connectivity index (χ2v) is 7.04. The molecule has 1 aromatic carbocycles. The van der Waals surface area contributed by atoms with Crippen molar-refractivity contribution in [1.29, 1.82) is 0 Å². The van der Waals surface area contributed by atoms with Gasteiger partial charge < -0.3 is 15.0 Å². The zero-order valence-electron chi connectivity index (χ0n) is 16.4. The standard InChI is InChI=1S/C21H26ClN3O3/c1-4-25(14-16-9-11-23-12-10-16)21(27)24-19(13-20(26)28-15(2)3)17-7-5-6-8-18(17)22/h5-12,15,19H,4,13-14H2,1-3H3,(H,24,27). The maximum atomic E-state index is 12.9. The highest BCUT2D eigenvalue weighted by atomic mass is 35.5. The summed E-state index contributed by atoms with van der Waals surface area (Å²) in [6, 6.07) is 10.0. The number of hydrogen-bond acceptors (Lipinski definition) is 4. The molecule has 0 aliphatic heterocycles. The van der Waals surface area contributed by atoms with Crippen LogP contribution in [0.3, 0.4) is 0 Å². The molecule has 0 spiro atoms. The third-order valence-corrected chi connectivity index (χ3v) is 4.45. The molecule has 6 nitrogen and oxygen atoms in total. The lowest BCUT2D eigenvalue weighted by molar-refractivity contribution is -0.147. The number of esters is 1. The second-order valence-electron chi connectivity index (χ2n) is 6.64. The van der Waals surface area contributed by atoms with Crippen LogP contribution in [0.5, 0.6) is 0 Å². The predicted octanol–water partition coefficient (Wildman–Crippen LogP) is 4.35. The highest BCUT2D eigenvalue weighted by Crippen LogP contribution is 2.26.